The largest absolute Gasteiger partial charge is 0.467 e. The van der Waals surface area contributed by atoms with Crippen molar-refractivity contribution in [3.05, 3.63) is 53.9 Å². The first-order valence-corrected chi connectivity index (χ1v) is 11.4. The lowest BCUT2D eigenvalue weighted by molar-refractivity contribution is -0.146. The van der Waals surface area contributed by atoms with Crippen LogP contribution in [-0.2, 0) is 21.4 Å². The van der Waals surface area contributed by atoms with Gasteiger partial charge >= 0.3 is 12.0 Å². The van der Waals surface area contributed by atoms with Crippen LogP contribution in [0.5, 0.6) is 0 Å². The van der Waals surface area contributed by atoms with Gasteiger partial charge in [-0.05, 0) is 36.6 Å². The molecule has 10 nitrogen and oxygen atoms in total. The van der Waals surface area contributed by atoms with Crippen LogP contribution in [0.3, 0.4) is 0 Å². The second kappa shape index (κ2) is 11.2. The summed E-state index contributed by atoms with van der Waals surface area (Å²) in [7, 11) is 2.89. The van der Waals surface area contributed by atoms with Gasteiger partial charge in [0.2, 0.25) is 5.91 Å². The quantitative estimate of drug-likeness (QED) is 0.497. The summed E-state index contributed by atoms with van der Waals surface area (Å²) in [5, 5.41) is 7.52. The maximum Gasteiger partial charge on any atom is 0.328 e. The zero-order chi connectivity index (χ0) is 26.6. The number of anilines is 1. The predicted octanol–water partition coefficient (Wildman–Crippen LogP) is 2.02. The van der Waals surface area contributed by atoms with E-state index in [1.165, 1.54) is 12.0 Å². The molecule has 12 heteroatoms. The molecule has 0 radical (unpaired) electrons. The van der Waals surface area contributed by atoms with E-state index >= 15 is 0 Å². The van der Waals surface area contributed by atoms with Gasteiger partial charge in [0.05, 0.1) is 18.8 Å². The van der Waals surface area contributed by atoms with E-state index in [0.717, 1.165) is 12.1 Å². The van der Waals surface area contributed by atoms with Gasteiger partial charge in [0, 0.05) is 25.9 Å². The van der Waals surface area contributed by atoms with Crippen LogP contribution >= 0.6 is 0 Å². The van der Waals surface area contributed by atoms with Crippen LogP contribution in [0.15, 0.2) is 36.5 Å². The van der Waals surface area contributed by atoms with Gasteiger partial charge in [-0.25, -0.2) is 18.4 Å². The van der Waals surface area contributed by atoms with Crippen molar-refractivity contribution in [1.82, 2.24) is 20.1 Å². The number of benzene rings is 1. The summed E-state index contributed by atoms with van der Waals surface area (Å²) in [5.41, 5.74) is 0.0786. The lowest BCUT2D eigenvalue weighted by Gasteiger charge is -2.30. The maximum absolute atomic E-state index is 14.0. The minimum atomic E-state index is -1.16. The number of nitrogens with zero attached hydrogens (tertiary/aromatic N) is 2. The third-order valence-electron chi connectivity index (χ3n) is 6.01. The highest BCUT2D eigenvalue weighted by Crippen LogP contribution is 2.23. The topological polar surface area (TPSA) is 122 Å². The number of hydrogen-bond acceptors (Lipinski definition) is 5. The van der Waals surface area contributed by atoms with Gasteiger partial charge in [0.1, 0.15) is 29.4 Å². The molecule has 0 aliphatic carbocycles. The van der Waals surface area contributed by atoms with Crippen molar-refractivity contribution in [2.24, 2.45) is 13.0 Å². The Morgan fingerprint density at radius 3 is 2.44 bits per heavy atom. The van der Waals surface area contributed by atoms with Crippen LogP contribution in [0.2, 0.25) is 0 Å². The van der Waals surface area contributed by atoms with Gasteiger partial charge in [0.15, 0.2) is 0 Å². The minimum absolute atomic E-state index is 0.141. The number of aryl methyl sites for hydroxylation is 1. The number of urea groups is 1. The fourth-order valence-electron chi connectivity index (χ4n) is 4.11. The molecule has 0 bridgehead atoms. The van der Waals surface area contributed by atoms with Crippen molar-refractivity contribution in [2.75, 3.05) is 19.0 Å². The van der Waals surface area contributed by atoms with Crippen LogP contribution in [0, 0.1) is 17.6 Å². The van der Waals surface area contributed by atoms with E-state index in [0.29, 0.717) is 11.8 Å². The molecule has 0 saturated carbocycles. The van der Waals surface area contributed by atoms with Crippen LogP contribution in [0.4, 0.5) is 19.3 Å². The Kier molecular flexibility index (Phi) is 8.28. The van der Waals surface area contributed by atoms with Crippen LogP contribution in [0.1, 0.15) is 30.8 Å². The molecular weight excluding hydrogens is 476 g/mol. The summed E-state index contributed by atoms with van der Waals surface area (Å²) in [4.78, 5) is 52.8. The Bertz CT molecular complexity index is 1150. The Morgan fingerprint density at radius 1 is 1.14 bits per heavy atom. The zero-order valence-corrected chi connectivity index (χ0v) is 20.4. The molecule has 1 aliphatic rings. The molecule has 2 aromatic rings. The molecule has 1 aromatic heterocycles. The van der Waals surface area contributed by atoms with Gasteiger partial charge in [-0.15, -0.1) is 0 Å². The summed E-state index contributed by atoms with van der Waals surface area (Å²) in [5.74, 6) is -3.81. The number of rotatable bonds is 7. The highest BCUT2D eigenvalue weighted by atomic mass is 19.1. The molecule has 3 rings (SSSR count). The number of amides is 4. The molecule has 4 amide bonds. The summed E-state index contributed by atoms with van der Waals surface area (Å²) >= 11 is 0. The average Bonchev–Trinajstić information content (AvgIpc) is 3.44. The van der Waals surface area contributed by atoms with Gasteiger partial charge in [-0.3, -0.25) is 9.59 Å². The number of likely N-dealkylation sites (tertiary alicyclic amines) is 1. The third kappa shape index (κ3) is 5.81. The van der Waals surface area contributed by atoms with Gasteiger partial charge < -0.3 is 30.2 Å². The van der Waals surface area contributed by atoms with Gasteiger partial charge in [0.25, 0.3) is 5.91 Å². The smallest absolute Gasteiger partial charge is 0.328 e. The minimum Gasteiger partial charge on any atom is -0.467 e. The highest BCUT2D eigenvalue weighted by Gasteiger charge is 2.44. The first-order chi connectivity index (χ1) is 17.0. The SMILES string of the molecule is COC(=O)[C@H](NC(=O)[C@@H]1[C@@H](NC(=O)Nc2ccc(F)cc2F)CCN1C(=O)c1cccn1C)C(C)C. The number of nitrogens with one attached hydrogen (secondary N) is 3. The van der Waals surface area contributed by atoms with Gasteiger partial charge in [-0.2, -0.15) is 0 Å². The second-order valence-electron chi connectivity index (χ2n) is 8.82. The number of methoxy groups -OCH3 is 1. The maximum atomic E-state index is 14.0. The molecule has 1 aromatic carbocycles. The molecule has 3 atom stereocenters. The van der Waals surface area contributed by atoms with E-state index in [9.17, 15) is 28.0 Å². The lowest BCUT2D eigenvalue weighted by atomic mass is 10.0. The Balaban J connectivity index is 1.84. The summed E-state index contributed by atoms with van der Waals surface area (Å²) < 4.78 is 33.5. The summed E-state index contributed by atoms with van der Waals surface area (Å²) in [6, 6.07) is 2.13. The fraction of sp³-hybridized carbons (Fsp3) is 0.417. The predicted molar refractivity (Wildman–Crippen MR) is 126 cm³/mol. The Labute approximate surface area is 207 Å². The normalized spacial score (nSPS) is 18.0. The van der Waals surface area contributed by atoms with E-state index < -0.39 is 53.6 Å². The van der Waals surface area contributed by atoms with Crippen LogP contribution in [0.25, 0.3) is 0 Å². The molecule has 36 heavy (non-hydrogen) atoms. The number of carbonyl (C=O) groups is 4. The Hall–Kier alpha value is -3.96. The molecule has 2 heterocycles. The molecule has 3 N–H and O–H groups in total. The van der Waals surface area contributed by atoms with E-state index in [-0.39, 0.29) is 24.6 Å². The van der Waals surface area contributed by atoms with Crippen molar-refractivity contribution in [3.63, 3.8) is 0 Å². The van der Waals surface area contributed by atoms with E-state index in [1.54, 1.807) is 43.8 Å². The van der Waals surface area contributed by atoms with Gasteiger partial charge in [-0.1, -0.05) is 13.8 Å². The van der Waals surface area contributed by atoms with E-state index in [1.807, 2.05) is 0 Å². The summed E-state index contributed by atoms with van der Waals surface area (Å²) in [6.07, 6.45) is 1.91. The van der Waals surface area contributed by atoms with E-state index in [2.05, 4.69) is 16.0 Å². The van der Waals surface area contributed by atoms with Crippen molar-refractivity contribution < 1.29 is 32.7 Å². The molecule has 1 aliphatic heterocycles. The number of carbonyl (C=O) groups excluding carboxylic acids is 4. The zero-order valence-electron chi connectivity index (χ0n) is 20.4. The number of aromatic nitrogens is 1. The van der Waals surface area contributed by atoms with Crippen molar-refractivity contribution in [3.8, 4) is 0 Å². The van der Waals surface area contributed by atoms with Crippen LogP contribution in [-0.4, -0.2) is 65.1 Å². The monoisotopic (exact) mass is 505 g/mol. The molecule has 0 unspecified atom stereocenters. The van der Waals surface area contributed by atoms with Crippen LogP contribution < -0.4 is 16.0 Å². The highest BCUT2D eigenvalue weighted by molar-refractivity contribution is 5.99. The summed E-state index contributed by atoms with van der Waals surface area (Å²) in [6.45, 7) is 3.59. The molecule has 1 saturated heterocycles. The molecule has 0 spiro atoms. The number of halogens is 2. The average molecular weight is 506 g/mol. The molecule has 1 fully saturated rings. The first kappa shape index (κ1) is 26.6. The first-order valence-electron chi connectivity index (χ1n) is 11.4. The second-order valence-corrected chi connectivity index (χ2v) is 8.82. The number of ether oxygens (including phenoxy) is 1. The molecule has 194 valence electrons. The Morgan fingerprint density at radius 2 is 1.86 bits per heavy atom. The van der Waals surface area contributed by atoms with Crippen molar-refractivity contribution >= 4 is 29.5 Å². The van der Waals surface area contributed by atoms with Crippen molar-refractivity contribution in [1.29, 1.82) is 0 Å². The third-order valence-corrected chi connectivity index (χ3v) is 6.01. The number of hydrogen-bond donors (Lipinski definition) is 3. The fourth-order valence-corrected chi connectivity index (χ4v) is 4.11. The lowest BCUT2D eigenvalue weighted by Crippen LogP contribution is -2.58. The standard InChI is InChI=1S/C24H29F2N5O5/c1-13(2)19(23(34)36-4)29-21(32)20-17(9-11-31(20)22(33)18-6-5-10-30(18)3)28-24(35)27-16-8-7-14(25)12-15(16)26/h5-8,10,12-13,17,19-20H,9,11H2,1-4H3,(H,29,32)(H2,27,28,35)/t17-,19+,20-/m0/s1. The number of esters is 1. The van der Waals surface area contributed by atoms with E-state index in [4.69, 9.17) is 4.74 Å². The van der Waals surface area contributed by atoms with Crippen molar-refractivity contribution in [2.45, 2.75) is 38.4 Å². The molecular formula is C24H29F2N5O5.